The fraction of sp³-hybridized carbons (Fsp3) is 0.556. The van der Waals surface area contributed by atoms with Gasteiger partial charge in [0.25, 0.3) is 0 Å². The maximum absolute atomic E-state index is 5.92. The second-order valence-corrected chi connectivity index (χ2v) is 6.53. The van der Waals surface area contributed by atoms with Crippen LogP contribution in [0.2, 0.25) is 4.34 Å². The third-order valence-corrected chi connectivity index (χ3v) is 3.96. The zero-order valence-corrected chi connectivity index (χ0v) is 11.1. The van der Waals surface area contributed by atoms with E-state index in [1.54, 1.807) is 11.3 Å². The molecule has 1 rings (SSSR count). The molecule has 0 saturated carbocycles. The van der Waals surface area contributed by atoms with E-state index in [-0.39, 0.29) is 5.54 Å². The second kappa shape index (κ2) is 4.30. The van der Waals surface area contributed by atoms with Crippen molar-refractivity contribution in [2.45, 2.75) is 32.9 Å². The highest BCUT2D eigenvalue weighted by molar-refractivity contribution is 9.10. The number of thiophene rings is 1. The van der Waals surface area contributed by atoms with Crippen LogP contribution in [-0.4, -0.2) is 5.54 Å². The second-order valence-electron chi connectivity index (χ2n) is 3.94. The molecule has 4 heteroatoms. The monoisotopic (exact) mass is 281 g/mol. The smallest absolute Gasteiger partial charge is 0.107 e. The van der Waals surface area contributed by atoms with Crippen LogP contribution in [0.15, 0.2) is 10.5 Å². The van der Waals surface area contributed by atoms with Gasteiger partial charge in [0.15, 0.2) is 0 Å². The minimum atomic E-state index is 0.156. The lowest BCUT2D eigenvalue weighted by Gasteiger charge is -2.19. The summed E-state index contributed by atoms with van der Waals surface area (Å²) in [6, 6.07) is 2.06. The Kier molecular flexibility index (Phi) is 3.81. The molecule has 0 aromatic carbocycles. The van der Waals surface area contributed by atoms with E-state index in [4.69, 9.17) is 11.6 Å². The average Bonchev–Trinajstić information content (AvgIpc) is 2.27. The summed E-state index contributed by atoms with van der Waals surface area (Å²) >= 11 is 10.9. The Balaban J connectivity index is 2.56. The first kappa shape index (κ1) is 11.5. The first-order chi connectivity index (χ1) is 5.88. The standard InChI is InChI=1S/C9H13BrClNS/c1-9(2,3)12-5-6-4-7(10)8(11)13-6/h4,12H,5H2,1-3H3. The highest BCUT2D eigenvalue weighted by Gasteiger charge is 2.10. The summed E-state index contributed by atoms with van der Waals surface area (Å²) in [6.07, 6.45) is 0. The van der Waals surface area contributed by atoms with E-state index in [1.807, 2.05) is 0 Å². The molecular formula is C9H13BrClNS. The van der Waals surface area contributed by atoms with Crippen molar-refractivity contribution < 1.29 is 0 Å². The van der Waals surface area contributed by atoms with Gasteiger partial charge in [-0.05, 0) is 42.8 Å². The van der Waals surface area contributed by atoms with Gasteiger partial charge in [0.1, 0.15) is 4.34 Å². The maximum Gasteiger partial charge on any atom is 0.107 e. The minimum absolute atomic E-state index is 0.156. The van der Waals surface area contributed by atoms with Gasteiger partial charge < -0.3 is 5.32 Å². The maximum atomic E-state index is 5.92. The molecule has 0 aliphatic rings. The van der Waals surface area contributed by atoms with Crippen molar-refractivity contribution in [1.82, 2.24) is 5.32 Å². The molecule has 0 saturated heterocycles. The zero-order chi connectivity index (χ0) is 10.1. The van der Waals surface area contributed by atoms with Gasteiger partial charge in [0.05, 0.1) is 0 Å². The summed E-state index contributed by atoms with van der Waals surface area (Å²) < 4.78 is 1.82. The van der Waals surface area contributed by atoms with Crippen molar-refractivity contribution in [3.63, 3.8) is 0 Å². The predicted octanol–water partition coefficient (Wildman–Crippen LogP) is 4.05. The van der Waals surface area contributed by atoms with Crippen LogP contribution in [0.5, 0.6) is 0 Å². The van der Waals surface area contributed by atoms with Crippen molar-refractivity contribution in [2.75, 3.05) is 0 Å². The molecule has 1 nitrogen and oxygen atoms in total. The summed E-state index contributed by atoms with van der Waals surface area (Å²) in [4.78, 5) is 1.26. The third kappa shape index (κ3) is 3.98. The fourth-order valence-corrected chi connectivity index (χ4v) is 2.56. The summed E-state index contributed by atoms with van der Waals surface area (Å²) in [7, 11) is 0. The van der Waals surface area contributed by atoms with E-state index < -0.39 is 0 Å². The topological polar surface area (TPSA) is 12.0 Å². The van der Waals surface area contributed by atoms with E-state index in [1.165, 1.54) is 4.88 Å². The van der Waals surface area contributed by atoms with Gasteiger partial charge in [-0.3, -0.25) is 0 Å². The van der Waals surface area contributed by atoms with Crippen LogP contribution in [0.25, 0.3) is 0 Å². The molecule has 1 N–H and O–H groups in total. The van der Waals surface area contributed by atoms with Gasteiger partial charge in [0.2, 0.25) is 0 Å². The summed E-state index contributed by atoms with van der Waals surface area (Å²) in [6.45, 7) is 7.32. The van der Waals surface area contributed by atoms with Crippen LogP contribution in [0.4, 0.5) is 0 Å². The van der Waals surface area contributed by atoms with E-state index >= 15 is 0 Å². The first-order valence-electron chi connectivity index (χ1n) is 4.07. The molecule has 0 fully saturated rings. The van der Waals surface area contributed by atoms with Crippen LogP contribution in [0.1, 0.15) is 25.6 Å². The Labute approximate surface area is 96.6 Å². The lowest BCUT2D eigenvalue weighted by molar-refractivity contribution is 0.426. The fourth-order valence-electron chi connectivity index (χ4n) is 0.831. The summed E-state index contributed by atoms with van der Waals surface area (Å²) in [5.41, 5.74) is 0.156. The average molecular weight is 283 g/mol. The Morgan fingerprint density at radius 3 is 2.54 bits per heavy atom. The van der Waals surface area contributed by atoms with Gasteiger partial charge in [-0.1, -0.05) is 11.6 Å². The molecule has 1 aromatic rings. The lowest BCUT2D eigenvalue weighted by atomic mass is 10.1. The largest absolute Gasteiger partial charge is 0.307 e. The highest BCUT2D eigenvalue weighted by atomic mass is 79.9. The van der Waals surface area contributed by atoms with Crippen LogP contribution in [-0.2, 0) is 6.54 Å². The molecule has 0 bridgehead atoms. The van der Waals surface area contributed by atoms with Gasteiger partial charge in [-0.15, -0.1) is 11.3 Å². The molecule has 13 heavy (non-hydrogen) atoms. The van der Waals surface area contributed by atoms with Gasteiger partial charge in [0, 0.05) is 21.4 Å². The molecule has 0 amide bonds. The molecule has 0 aliphatic heterocycles. The van der Waals surface area contributed by atoms with Crippen LogP contribution >= 0.6 is 38.9 Å². The van der Waals surface area contributed by atoms with Crippen LogP contribution in [0.3, 0.4) is 0 Å². The van der Waals surface area contributed by atoms with Crippen molar-refractivity contribution in [3.8, 4) is 0 Å². The molecule has 0 spiro atoms. The number of rotatable bonds is 2. The van der Waals surface area contributed by atoms with E-state index in [0.29, 0.717) is 0 Å². The molecular weight excluding hydrogens is 270 g/mol. The first-order valence-corrected chi connectivity index (χ1v) is 6.06. The molecule has 0 radical (unpaired) electrons. The summed E-state index contributed by atoms with van der Waals surface area (Å²) in [5.74, 6) is 0. The quantitative estimate of drug-likeness (QED) is 0.863. The number of hydrogen-bond acceptors (Lipinski definition) is 2. The Morgan fingerprint density at radius 2 is 2.15 bits per heavy atom. The zero-order valence-electron chi connectivity index (χ0n) is 7.95. The SMILES string of the molecule is CC(C)(C)NCc1cc(Br)c(Cl)s1. The Morgan fingerprint density at radius 1 is 1.54 bits per heavy atom. The molecule has 1 heterocycles. The minimum Gasteiger partial charge on any atom is -0.307 e. The molecule has 0 unspecified atom stereocenters. The van der Waals surface area contributed by atoms with E-state index in [0.717, 1.165) is 15.4 Å². The molecule has 74 valence electrons. The lowest BCUT2D eigenvalue weighted by Crippen LogP contribution is -2.34. The van der Waals surface area contributed by atoms with Crippen molar-refractivity contribution in [3.05, 3.63) is 19.8 Å². The number of nitrogens with one attached hydrogen (secondary N) is 1. The van der Waals surface area contributed by atoms with Crippen molar-refractivity contribution >= 4 is 38.9 Å². The molecule has 0 atom stereocenters. The molecule has 1 aromatic heterocycles. The number of hydrogen-bond donors (Lipinski definition) is 1. The van der Waals surface area contributed by atoms with Gasteiger partial charge in [-0.25, -0.2) is 0 Å². The summed E-state index contributed by atoms with van der Waals surface area (Å²) in [5, 5.41) is 3.41. The Bertz CT molecular complexity index is 271. The highest BCUT2D eigenvalue weighted by Crippen LogP contribution is 2.31. The van der Waals surface area contributed by atoms with E-state index in [9.17, 15) is 0 Å². The van der Waals surface area contributed by atoms with E-state index in [2.05, 4.69) is 48.1 Å². The molecule has 0 aliphatic carbocycles. The Hall–Kier alpha value is 0.430. The third-order valence-electron chi connectivity index (χ3n) is 1.49. The normalized spacial score (nSPS) is 12.1. The van der Waals surface area contributed by atoms with Crippen LogP contribution in [0, 0.1) is 0 Å². The van der Waals surface area contributed by atoms with Gasteiger partial charge in [-0.2, -0.15) is 0 Å². The van der Waals surface area contributed by atoms with Crippen molar-refractivity contribution in [2.24, 2.45) is 0 Å². The number of halogens is 2. The van der Waals surface area contributed by atoms with Gasteiger partial charge >= 0.3 is 0 Å². The van der Waals surface area contributed by atoms with Crippen molar-refractivity contribution in [1.29, 1.82) is 0 Å². The van der Waals surface area contributed by atoms with Crippen LogP contribution < -0.4 is 5.32 Å². The predicted molar refractivity (Wildman–Crippen MR) is 63.6 cm³/mol.